The summed E-state index contributed by atoms with van der Waals surface area (Å²) < 4.78 is 0. The minimum atomic E-state index is 0.0714. The van der Waals surface area contributed by atoms with Crippen LogP contribution in [0.15, 0.2) is 256 Å². The molecule has 116 heavy (non-hydrogen) atoms. The Hall–Kier alpha value is -13.0. The first-order chi connectivity index (χ1) is 56.7. The van der Waals surface area contributed by atoms with Gasteiger partial charge in [-0.25, -0.2) is 19.9 Å². The van der Waals surface area contributed by atoms with Crippen molar-refractivity contribution in [1.29, 1.82) is 0 Å². The summed E-state index contributed by atoms with van der Waals surface area (Å²) in [6.07, 6.45) is 26.4. The maximum atomic E-state index is 13.5. The molecule has 12 unspecified atom stereocenters. The molecule has 8 aromatic heterocycles. The van der Waals surface area contributed by atoms with Crippen LogP contribution in [0.2, 0.25) is 0 Å². The Morgan fingerprint density at radius 2 is 0.647 bits per heavy atom. The van der Waals surface area contributed by atoms with Crippen LogP contribution in [0.5, 0.6) is 0 Å². The predicted octanol–water partition coefficient (Wildman–Crippen LogP) is 15.5. The van der Waals surface area contributed by atoms with Crippen molar-refractivity contribution in [2.45, 2.75) is 127 Å². The lowest BCUT2D eigenvalue weighted by molar-refractivity contribution is 0.0685. The third-order valence-corrected chi connectivity index (χ3v) is 24.2. The summed E-state index contributed by atoms with van der Waals surface area (Å²) in [5, 5.41) is 30.2. The number of amides is 4. The fraction of sp³-hybridized carbons (Fsp3) is 0.298. The second kappa shape index (κ2) is 34.0. The number of fused-ring (bicyclic) bond motifs is 8. The molecular weight excluding hydrogens is 1450 g/mol. The van der Waals surface area contributed by atoms with E-state index in [1.807, 2.05) is 238 Å². The normalized spacial score (nSPS) is 22.7. The molecule has 12 aromatic rings. The number of benzene rings is 4. The number of hydrogen-bond acceptors (Lipinski definition) is 18. The second-order valence-electron chi connectivity index (χ2n) is 32.2. The molecule has 4 N–H and O–H groups in total. The van der Waals surface area contributed by atoms with Crippen LogP contribution in [0.3, 0.4) is 0 Å². The molecule has 4 aromatic carbocycles. The van der Waals surface area contributed by atoms with Crippen molar-refractivity contribution in [1.82, 2.24) is 69.9 Å². The van der Waals surface area contributed by atoms with Crippen LogP contribution in [0.25, 0.3) is 44.8 Å². The number of hydrogen-bond donors (Lipinski definition) is 4. The first-order valence-electron chi connectivity index (χ1n) is 40.5. The van der Waals surface area contributed by atoms with E-state index in [2.05, 4.69) is 106 Å². The number of pyridine rings is 6. The average molecular weight is 1540 g/mol. The highest BCUT2D eigenvalue weighted by atomic mass is 16.2. The van der Waals surface area contributed by atoms with Gasteiger partial charge in [0.25, 0.3) is 23.6 Å². The molecular formula is C94H94N18O4. The highest BCUT2D eigenvalue weighted by Crippen LogP contribution is 2.45. The van der Waals surface area contributed by atoms with Gasteiger partial charge in [0.1, 0.15) is 23.3 Å². The van der Waals surface area contributed by atoms with E-state index in [1.165, 1.54) is 0 Å². The van der Waals surface area contributed by atoms with Crippen LogP contribution in [0.4, 0.5) is 23.3 Å². The summed E-state index contributed by atoms with van der Waals surface area (Å²) >= 11 is 0. The maximum absolute atomic E-state index is 13.5. The molecule has 12 heterocycles. The number of nitrogens with one attached hydrogen (secondary N) is 4. The van der Waals surface area contributed by atoms with Gasteiger partial charge in [-0.1, -0.05) is 109 Å². The standard InChI is InChI=1S/2C24H24N4O.2C23H23N5O/c1-16-8-9-23(26-13-16)27-21-11-17-12-22(21)28(15-17)24(29)20-7-3-2-6-19(20)18-5-4-10-25-14-18;1-16-9-10-23(26-14-16)27-21-12-17-13-22(21)28(15-17)24(29)19-7-3-2-6-18(19)20-8-4-5-11-25-20;1-15-8-9-22(24-13-15)26-20-11-16-12-21(20)28(14-16)23(29)18-6-3-2-5-17(18)19-7-4-10-25-27-19;1-15-6-7-22(24-12-15)27-20-10-16-11-21(20)28(14-16)23(29)19-5-3-2-4-18(19)17-8-9-25-26-13-17/h2-10,13-14,17,21-22H,11-12,15H2,1H3,(H,26,27);2-11,14,17,21-22H,12-13,15H2,1H3,(H,26,27);2-10,13,16,20-21H,11-12,14H2,1H3,(H,24,26);2-9,12-13,16,20-21H,10-11,14H2,1H3,(H,24,27). The highest BCUT2D eigenvalue weighted by Gasteiger charge is 2.51. The molecule has 4 aliphatic carbocycles. The van der Waals surface area contributed by atoms with Gasteiger partial charge >= 0.3 is 0 Å². The lowest BCUT2D eigenvalue weighted by Gasteiger charge is -2.34. The number of carbonyl (C=O) groups excluding carboxylic acids is 4. The van der Waals surface area contributed by atoms with Crippen LogP contribution < -0.4 is 21.3 Å². The molecule has 0 spiro atoms. The SMILES string of the molecule is Cc1ccc(NC2CC3CC2N(C(=O)c2ccccc2-c2ccccn2)C3)nc1.Cc1ccc(NC2CC3CC2N(C(=O)c2ccccc2-c2cccnc2)C3)nc1.Cc1ccc(NC2CC3CC2N(C(=O)c2ccccc2-c2cccnn2)C3)nc1.Cc1ccc(NC2CC3CC2N(C(=O)c2ccccc2-c2ccnnc2)C3)nc1. The Morgan fingerprint density at radius 1 is 0.293 bits per heavy atom. The van der Waals surface area contributed by atoms with Crippen LogP contribution in [-0.2, 0) is 0 Å². The molecule has 22 nitrogen and oxygen atoms in total. The van der Waals surface area contributed by atoms with Crippen molar-refractivity contribution in [2.75, 3.05) is 47.4 Å². The quantitative estimate of drug-likeness (QED) is 0.0701. The van der Waals surface area contributed by atoms with E-state index in [4.69, 9.17) is 0 Å². The molecule has 8 fully saturated rings. The topological polar surface area (TPSA) is 258 Å². The predicted molar refractivity (Wildman–Crippen MR) is 450 cm³/mol. The molecule has 4 saturated carbocycles. The minimum Gasteiger partial charge on any atom is -0.365 e. The molecule has 8 bridgehead atoms. The summed E-state index contributed by atoms with van der Waals surface area (Å²) in [5.74, 6) is 6.08. The zero-order valence-electron chi connectivity index (χ0n) is 65.6. The number of nitrogens with zero attached hydrogens (tertiary/aromatic N) is 14. The molecule has 22 heteroatoms. The molecule has 4 saturated heterocycles. The number of piperidine rings is 4. The minimum absolute atomic E-state index is 0.0714. The first-order valence-corrected chi connectivity index (χ1v) is 40.5. The highest BCUT2D eigenvalue weighted by molar-refractivity contribution is 6.04. The number of likely N-dealkylation sites (tertiary alicyclic amines) is 4. The number of anilines is 4. The third-order valence-electron chi connectivity index (χ3n) is 24.2. The largest absolute Gasteiger partial charge is 0.365 e. The molecule has 12 atom stereocenters. The smallest absolute Gasteiger partial charge is 0.254 e. The number of carbonyl (C=O) groups is 4. The van der Waals surface area contributed by atoms with Crippen molar-refractivity contribution < 1.29 is 19.2 Å². The van der Waals surface area contributed by atoms with Gasteiger partial charge in [-0.15, -0.1) is 0 Å². The Kier molecular flexibility index (Phi) is 22.2. The van der Waals surface area contributed by atoms with E-state index in [9.17, 15) is 19.2 Å². The summed E-state index contributed by atoms with van der Waals surface area (Å²) in [6.45, 7) is 11.4. The van der Waals surface area contributed by atoms with Gasteiger partial charge < -0.3 is 40.9 Å². The fourth-order valence-corrected chi connectivity index (χ4v) is 18.8. The molecule has 20 rings (SSSR count). The molecule has 4 aliphatic heterocycles. The van der Waals surface area contributed by atoms with E-state index >= 15 is 0 Å². The van der Waals surface area contributed by atoms with E-state index in [1.54, 1.807) is 31.0 Å². The van der Waals surface area contributed by atoms with Gasteiger partial charge in [-0.05, 0) is 221 Å². The Balaban J connectivity index is 0.000000111. The Labute approximate surface area is 676 Å². The zero-order chi connectivity index (χ0) is 79.2. The van der Waals surface area contributed by atoms with Crippen molar-refractivity contribution >= 4 is 46.9 Å². The van der Waals surface area contributed by atoms with E-state index in [0.717, 1.165) is 185 Å². The van der Waals surface area contributed by atoms with Gasteiger partial charge in [0.15, 0.2) is 0 Å². The lowest BCUT2D eigenvalue weighted by atomic mass is 9.98. The summed E-state index contributed by atoms with van der Waals surface area (Å²) in [7, 11) is 0. The van der Waals surface area contributed by atoms with Gasteiger partial charge in [-0.3, -0.25) is 29.1 Å². The Morgan fingerprint density at radius 3 is 0.974 bits per heavy atom. The number of aryl methyl sites for hydroxylation is 4. The molecule has 4 amide bonds. The summed E-state index contributed by atoms with van der Waals surface area (Å²) in [6, 6.07) is 64.5. The monoisotopic (exact) mass is 1540 g/mol. The summed E-state index contributed by atoms with van der Waals surface area (Å²) in [4.78, 5) is 88.9. The van der Waals surface area contributed by atoms with Gasteiger partial charge in [0, 0.05) is 144 Å². The van der Waals surface area contributed by atoms with Gasteiger partial charge in [0.05, 0.1) is 47.9 Å². The number of aromatic nitrogens is 10. The number of rotatable bonds is 16. The van der Waals surface area contributed by atoms with Crippen LogP contribution in [0, 0.1) is 51.4 Å². The van der Waals surface area contributed by atoms with E-state index in [-0.39, 0.29) is 72.0 Å². The van der Waals surface area contributed by atoms with E-state index < -0.39 is 0 Å². The average Bonchev–Trinajstić information content (AvgIpc) is 1.55. The van der Waals surface area contributed by atoms with Gasteiger partial charge in [0.2, 0.25) is 0 Å². The van der Waals surface area contributed by atoms with Gasteiger partial charge in [-0.2, -0.15) is 20.4 Å². The van der Waals surface area contributed by atoms with Crippen molar-refractivity contribution in [2.24, 2.45) is 23.7 Å². The maximum Gasteiger partial charge on any atom is 0.254 e. The lowest BCUT2D eigenvalue weighted by Crippen LogP contribution is -2.47. The van der Waals surface area contributed by atoms with Crippen molar-refractivity contribution in [3.63, 3.8) is 0 Å². The second-order valence-corrected chi connectivity index (χ2v) is 32.2. The first kappa shape index (κ1) is 75.7. The third kappa shape index (κ3) is 16.6. The zero-order valence-corrected chi connectivity index (χ0v) is 65.6. The van der Waals surface area contributed by atoms with Crippen LogP contribution >= 0.6 is 0 Å². The van der Waals surface area contributed by atoms with Crippen molar-refractivity contribution in [3.05, 3.63) is 301 Å². The van der Waals surface area contributed by atoms with Crippen molar-refractivity contribution in [3.8, 4) is 44.8 Å². The van der Waals surface area contributed by atoms with Crippen LogP contribution in [-0.4, -0.2) is 168 Å². The molecule has 8 aliphatic rings. The Bertz CT molecular complexity index is 4750. The fourth-order valence-electron chi connectivity index (χ4n) is 18.8. The summed E-state index contributed by atoms with van der Waals surface area (Å²) in [5.41, 5.74) is 14.5. The van der Waals surface area contributed by atoms with E-state index in [0.29, 0.717) is 29.2 Å². The molecule has 0 radical (unpaired) electrons. The molecule has 584 valence electrons. The van der Waals surface area contributed by atoms with Crippen LogP contribution in [0.1, 0.15) is 115 Å².